The maximum absolute atomic E-state index is 4.86. The number of nitrogens with one attached hydrogen (secondary N) is 1. The molecule has 102 valence electrons. The fourth-order valence-corrected chi connectivity index (χ4v) is 4.61. The van der Waals surface area contributed by atoms with E-state index in [9.17, 15) is 0 Å². The molecule has 0 aliphatic heterocycles. The van der Waals surface area contributed by atoms with Gasteiger partial charge in [0.05, 0.1) is 14.4 Å². The Kier molecular flexibility index (Phi) is 4.08. The molecule has 0 aromatic carbocycles. The molecule has 2 nitrogen and oxygen atoms in total. The molecule has 0 saturated heterocycles. The lowest BCUT2D eigenvalue weighted by Gasteiger charge is -2.05. The van der Waals surface area contributed by atoms with Gasteiger partial charge in [0.15, 0.2) is 0 Å². The third kappa shape index (κ3) is 3.27. The first-order chi connectivity index (χ1) is 9.13. The molecule has 0 unspecified atom stereocenters. The summed E-state index contributed by atoms with van der Waals surface area (Å²) < 4.78 is 1.17. The first-order valence-corrected chi connectivity index (χ1v) is 9.05. The highest BCUT2D eigenvalue weighted by Crippen LogP contribution is 2.37. The predicted molar refractivity (Wildman–Crippen MR) is 87.1 cm³/mol. The number of rotatable bonds is 5. The summed E-state index contributed by atoms with van der Waals surface area (Å²) in [5, 5.41) is 4.76. The van der Waals surface area contributed by atoms with Crippen LogP contribution in [-0.2, 0) is 6.54 Å². The Morgan fingerprint density at radius 2 is 2.16 bits per heavy atom. The zero-order chi connectivity index (χ0) is 13.4. The zero-order valence-corrected chi connectivity index (χ0v) is 14.3. The van der Waals surface area contributed by atoms with E-state index in [0.29, 0.717) is 5.92 Å². The van der Waals surface area contributed by atoms with Crippen molar-refractivity contribution in [2.45, 2.75) is 45.2 Å². The summed E-state index contributed by atoms with van der Waals surface area (Å²) in [5.41, 5.74) is 1.26. The lowest BCUT2D eigenvalue weighted by molar-refractivity contribution is 0.681. The van der Waals surface area contributed by atoms with Crippen molar-refractivity contribution in [3.05, 3.63) is 26.5 Å². The maximum atomic E-state index is 4.86. The van der Waals surface area contributed by atoms with Crippen LogP contribution in [-0.4, -0.2) is 11.0 Å². The normalized spacial score (nSPS) is 15.4. The molecule has 19 heavy (non-hydrogen) atoms. The third-order valence-electron chi connectivity index (χ3n) is 3.19. The molecule has 1 fully saturated rings. The van der Waals surface area contributed by atoms with Crippen molar-refractivity contribution in [3.8, 4) is 9.88 Å². The van der Waals surface area contributed by atoms with Crippen molar-refractivity contribution < 1.29 is 0 Å². The summed E-state index contributed by atoms with van der Waals surface area (Å²) in [4.78, 5) is 7.52. The van der Waals surface area contributed by atoms with Crippen LogP contribution < -0.4 is 5.32 Å². The highest BCUT2D eigenvalue weighted by molar-refractivity contribution is 9.11. The van der Waals surface area contributed by atoms with Gasteiger partial charge in [0.1, 0.15) is 5.01 Å². The SMILES string of the molecule is CC(C)c1nc(-c2ccc(Br)s2)sc1CNC1CC1. The van der Waals surface area contributed by atoms with Crippen LogP contribution in [0.3, 0.4) is 0 Å². The molecular formula is C14H17BrN2S2. The van der Waals surface area contributed by atoms with Crippen molar-refractivity contribution in [1.29, 1.82) is 0 Å². The molecule has 2 aromatic heterocycles. The Hall–Kier alpha value is -0.230. The molecule has 0 atom stereocenters. The smallest absolute Gasteiger partial charge is 0.133 e. The second kappa shape index (κ2) is 5.64. The van der Waals surface area contributed by atoms with Crippen LogP contribution in [0.4, 0.5) is 0 Å². The Labute approximate surface area is 130 Å². The Bertz CT molecular complexity index is 570. The van der Waals surface area contributed by atoms with Crippen LogP contribution in [0.25, 0.3) is 9.88 Å². The maximum Gasteiger partial charge on any atom is 0.133 e. The summed E-state index contributed by atoms with van der Waals surface area (Å²) >= 11 is 7.12. The molecule has 2 aromatic rings. The minimum Gasteiger partial charge on any atom is -0.309 e. The van der Waals surface area contributed by atoms with Gasteiger partial charge in [-0.25, -0.2) is 4.98 Å². The van der Waals surface area contributed by atoms with Gasteiger partial charge in [0, 0.05) is 17.5 Å². The van der Waals surface area contributed by atoms with E-state index < -0.39 is 0 Å². The van der Waals surface area contributed by atoms with E-state index in [1.54, 1.807) is 11.3 Å². The van der Waals surface area contributed by atoms with Gasteiger partial charge in [0.2, 0.25) is 0 Å². The molecule has 0 spiro atoms. The van der Waals surface area contributed by atoms with Crippen molar-refractivity contribution in [1.82, 2.24) is 10.3 Å². The summed E-state index contributed by atoms with van der Waals surface area (Å²) in [6.45, 7) is 5.43. The number of hydrogen-bond acceptors (Lipinski definition) is 4. The third-order valence-corrected chi connectivity index (χ3v) is 6.05. The molecule has 0 amide bonds. The van der Waals surface area contributed by atoms with Gasteiger partial charge in [0.25, 0.3) is 0 Å². The molecule has 2 heterocycles. The van der Waals surface area contributed by atoms with Crippen LogP contribution in [0.15, 0.2) is 15.9 Å². The lowest BCUT2D eigenvalue weighted by Crippen LogP contribution is -2.15. The van der Waals surface area contributed by atoms with Crippen LogP contribution in [0.1, 0.15) is 43.2 Å². The lowest BCUT2D eigenvalue weighted by atomic mass is 10.1. The van der Waals surface area contributed by atoms with Crippen LogP contribution in [0.2, 0.25) is 0 Å². The molecule has 3 rings (SSSR count). The fourth-order valence-electron chi connectivity index (χ4n) is 2.00. The standard InChI is InChI=1S/C14H17BrN2S2/c1-8(2)13-11(7-16-9-3-4-9)19-14(17-13)10-5-6-12(15)18-10/h5-6,8-9,16H,3-4,7H2,1-2H3. The summed E-state index contributed by atoms with van der Waals surface area (Å²) in [7, 11) is 0. The summed E-state index contributed by atoms with van der Waals surface area (Å²) in [5.74, 6) is 0.490. The molecule has 1 aliphatic carbocycles. The Morgan fingerprint density at radius 1 is 1.37 bits per heavy atom. The molecule has 1 saturated carbocycles. The largest absolute Gasteiger partial charge is 0.309 e. The van der Waals surface area contributed by atoms with Gasteiger partial charge in [-0.2, -0.15) is 0 Å². The number of thiophene rings is 1. The number of nitrogens with zero attached hydrogens (tertiary/aromatic N) is 1. The molecule has 0 bridgehead atoms. The minimum absolute atomic E-state index is 0.490. The van der Waals surface area contributed by atoms with E-state index in [-0.39, 0.29) is 0 Å². The Morgan fingerprint density at radius 3 is 2.74 bits per heavy atom. The molecule has 5 heteroatoms. The van der Waals surface area contributed by atoms with Crippen LogP contribution in [0, 0.1) is 0 Å². The van der Waals surface area contributed by atoms with Gasteiger partial charge in [-0.1, -0.05) is 13.8 Å². The molecular weight excluding hydrogens is 340 g/mol. The zero-order valence-electron chi connectivity index (χ0n) is 11.1. The molecule has 0 radical (unpaired) electrons. The van der Waals surface area contributed by atoms with Crippen molar-refractivity contribution in [2.24, 2.45) is 0 Å². The van der Waals surface area contributed by atoms with Gasteiger partial charge in [-0.3, -0.25) is 0 Å². The highest BCUT2D eigenvalue weighted by atomic mass is 79.9. The number of halogens is 1. The van der Waals surface area contributed by atoms with Crippen molar-refractivity contribution >= 4 is 38.6 Å². The first kappa shape index (κ1) is 13.7. The van der Waals surface area contributed by atoms with Crippen LogP contribution >= 0.6 is 38.6 Å². The Balaban J connectivity index is 1.86. The summed E-state index contributed by atoms with van der Waals surface area (Å²) in [6, 6.07) is 5.00. The number of thiazole rings is 1. The molecule has 1 aliphatic rings. The number of hydrogen-bond donors (Lipinski definition) is 1. The second-order valence-electron chi connectivity index (χ2n) is 5.24. The predicted octanol–water partition coefficient (Wildman–Crippen LogP) is 5.01. The average Bonchev–Trinajstić information content (AvgIpc) is 2.93. The van der Waals surface area contributed by atoms with Crippen molar-refractivity contribution in [2.75, 3.05) is 0 Å². The van der Waals surface area contributed by atoms with E-state index in [4.69, 9.17) is 4.98 Å². The van der Waals surface area contributed by atoms with Crippen LogP contribution in [0.5, 0.6) is 0 Å². The van der Waals surface area contributed by atoms with Gasteiger partial charge >= 0.3 is 0 Å². The number of aromatic nitrogens is 1. The molecule has 1 N–H and O–H groups in total. The quantitative estimate of drug-likeness (QED) is 0.814. The minimum atomic E-state index is 0.490. The van der Waals surface area contributed by atoms with E-state index in [0.717, 1.165) is 17.6 Å². The summed E-state index contributed by atoms with van der Waals surface area (Å²) in [6.07, 6.45) is 2.67. The second-order valence-corrected chi connectivity index (χ2v) is 8.79. The van der Waals surface area contributed by atoms with E-state index >= 15 is 0 Å². The topological polar surface area (TPSA) is 24.9 Å². The van der Waals surface area contributed by atoms with E-state index in [1.165, 1.54) is 32.1 Å². The van der Waals surface area contributed by atoms with Crippen molar-refractivity contribution in [3.63, 3.8) is 0 Å². The average molecular weight is 357 g/mol. The van der Waals surface area contributed by atoms with Gasteiger partial charge in [-0.05, 0) is 46.8 Å². The first-order valence-electron chi connectivity index (χ1n) is 6.62. The van der Waals surface area contributed by atoms with E-state index in [1.807, 2.05) is 11.3 Å². The fraction of sp³-hybridized carbons (Fsp3) is 0.500. The van der Waals surface area contributed by atoms with Gasteiger partial charge < -0.3 is 5.32 Å². The van der Waals surface area contributed by atoms with Gasteiger partial charge in [-0.15, -0.1) is 22.7 Å². The highest BCUT2D eigenvalue weighted by Gasteiger charge is 2.22. The van der Waals surface area contributed by atoms with E-state index in [2.05, 4.69) is 47.2 Å². The monoisotopic (exact) mass is 356 g/mol.